The summed E-state index contributed by atoms with van der Waals surface area (Å²) < 4.78 is 76.9. The Morgan fingerprint density at radius 1 is 0.635 bits per heavy atom. The summed E-state index contributed by atoms with van der Waals surface area (Å²) in [6.45, 7) is 21.0. The van der Waals surface area contributed by atoms with E-state index in [1.807, 2.05) is 20.8 Å². The maximum atomic E-state index is 12.8. The first kappa shape index (κ1) is 59.8. The van der Waals surface area contributed by atoms with E-state index in [0.29, 0.717) is 53.6 Å². The number of nitrogens with one attached hydrogen (secondary N) is 2. The van der Waals surface area contributed by atoms with Crippen LogP contribution in [0.15, 0.2) is 0 Å². The smallest absolute Gasteiger partial charge is 0.418 e. The Morgan fingerprint density at radius 3 is 1.32 bits per heavy atom. The van der Waals surface area contributed by atoms with E-state index in [9.17, 15) is 40.8 Å². The third kappa shape index (κ3) is 15.6. The molecular weight excluding hydrogens is 1000 g/mol. The van der Waals surface area contributed by atoms with E-state index < -0.39 is 62.6 Å². The lowest BCUT2D eigenvalue weighted by Gasteiger charge is -2.58. The van der Waals surface area contributed by atoms with Crippen molar-refractivity contribution < 1.29 is 67.7 Å². The maximum Gasteiger partial charge on any atom is 0.418 e. The second kappa shape index (κ2) is 24.5. The molecule has 2 spiro atoms. The van der Waals surface area contributed by atoms with Crippen LogP contribution < -0.4 is 16.4 Å². The van der Waals surface area contributed by atoms with Crippen LogP contribution in [-0.2, 0) is 48.5 Å². The molecule has 0 aromatic rings. The number of fused-ring (bicyclic) bond motifs is 4. The molecule has 4 atom stereocenters. The number of unbranched alkanes of at least 4 members (excludes halogenated alkanes) is 4. The second-order valence-electron chi connectivity index (χ2n) is 24.1. The van der Waals surface area contributed by atoms with Gasteiger partial charge < -0.3 is 35.4 Å². The van der Waals surface area contributed by atoms with Gasteiger partial charge in [-0.05, 0) is 140 Å². The van der Waals surface area contributed by atoms with Crippen molar-refractivity contribution in [3.8, 4) is 0 Å². The number of urea groups is 2. The van der Waals surface area contributed by atoms with Crippen LogP contribution in [0.2, 0.25) is 0 Å². The summed E-state index contributed by atoms with van der Waals surface area (Å²) in [6, 6.07) is -3.35. The van der Waals surface area contributed by atoms with Gasteiger partial charge in [-0.25, -0.2) is 9.59 Å². The molecule has 4 saturated heterocycles. The summed E-state index contributed by atoms with van der Waals surface area (Å²) in [4.78, 5) is 64.7. The number of nitrogens with zero attached hydrogens (tertiary/aromatic N) is 5. The van der Waals surface area contributed by atoms with Gasteiger partial charge in [0.2, 0.25) is 11.8 Å². The average molecular weight is 1090 g/mol. The van der Waals surface area contributed by atoms with Gasteiger partial charge in [-0.2, -0.15) is 27.0 Å². The van der Waals surface area contributed by atoms with Crippen LogP contribution in [0.1, 0.15) is 183 Å². The number of carbonyl (C=O) groups is 5. The topological polar surface area (TPSA) is 285 Å². The molecule has 4 bridgehead atoms. The van der Waals surface area contributed by atoms with Crippen molar-refractivity contribution in [2.75, 3.05) is 39.3 Å². The third-order valence-corrected chi connectivity index (χ3v) is 17.4. The van der Waals surface area contributed by atoms with Crippen molar-refractivity contribution in [1.29, 1.82) is 0 Å². The number of amides is 6. The molecule has 6 N–H and O–H groups in total. The van der Waals surface area contributed by atoms with Crippen molar-refractivity contribution in [3.63, 3.8) is 0 Å². The molecule has 424 valence electrons. The van der Waals surface area contributed by atoms with Gasteiger partial charge >= 0.3 is 38.8 Å². The summed E-state index contributed by atoms with van der Waals surface area (Å²) in [7, 11) is -9.59. The molecule has 4 aliphatic heterocycles. The molecule has 4 aliphatic carbocycles. The summed E-state index contributed by atoms with van der Waals surface area (Å²) in [5, 5.41) is 7.29. The van der Waals surface area contributed by atoms with Crippen LogP contribution in [0.3, 0.4) is 0 Å². The third-order valence-electron chi connectivity index (χ3n) is 16.7. The molecule has 74 heavy (non-hydrogen) atoms. The summed E-state index contributed by atoms with van der Waals surface area (Å²) in [5.41, 5.74) is 5.85. The van der Waals surface area contributed by atoms with Crippen LogP contribution in [0.4, 0.5) is 9.59 Å². The fourth-order valence-electron chi connectivity index (χ4n) is 13.3. The van der Waals surface area contributed by atoms with Gasteiger partial charge in [0, 0.05) is 37.6 Å². The van der Waals surface area contributed by atoms with Gasteiger partial charge in [-0.15, -0.1) is 8.57 Å². The number of hydrogen-bond acceptors (Lipinski definition) is 13. The van der Waals surface area contributed by atoms with Crippen molar-refractivity contribution >= 4 is 50.6 Å². The lowest BCUT2D eigenvalue weighted by atomic mass is 9.49. The average Bonchev–Trinajstić information content (AvgIpc) is 3.63. The molecule has 24 heteroatoms. The summed E-state index contributed by atoms with van der Waals surface area (Å²) in [6.07, 6.45) is 20.6. The molecule has 0 aromatic heterocycles. The molecule has 4 heterocycles. The first-order chi connectivity index (χ1) is 34.6. The van der Waals surface area contributed by atoms with Gasteiger partial charge in [0.25, 0.3) is 0 Å². The quantitative estimate of drug-likeness (QED) is 0.0488. The second-order valence-corrected chi connectivity index (χ2v) is 26.1. The van der Waals surface area contributed by atoms with E-state index in [1.54, 1.807) is 0 Å². The van der Waals surface area contributed by atoms with Gasteiger partial charge in [0.05, 0.1) is 38.3 Å². The summed E-state index contributed by atoms with van der Waals surface area (Å²) in [5.74, 6) is -0.314. The van der Waals surface area contributed by atoms with Crippen LogP contribution in [0.25, 0.3) is 0 Å². The lowest BCUT2D eigenvalue weighted by Crippen LogP contribution is -2.61. The Bertz CT molecular complexity index is 2150. The number of carbonyl (C=O) groups excluding carboxylic acids is 5. The van der Waals surface area contributed by atoms with E-state index in [2.05, 4.69) is 46.9 Å². The highest BCUT2D eigenvalue weighted by Gasteiger charge is 2.56. The minimum atomic E-state index is -4.81. The van der Waals surface area contributed by atoms with Crippen LogP contribution in [0, 0.1) is 16.7 Å². The SMILES string of the molecule is CC(C)(C)OC(=O)CC1CC2(C1)CC(NC(=O)[C@@H]1CC[C@@H]3CN1C(=O)N3OS(=O)(=O)O)C2.CCCC[N+](CCCC)(CCCC)CCCC.NC1CC2(C1)CC(NC(=O)[C@@H]1CC[C@@H]3CN1C(=O)N3OS(=O)(=O)O)C2. The molecule has 4 saturated carbocycles. The summed E-state index contributed by atoms with van der Waals surface area (Å²) >= 11 is 0. The standard InChI is InChI=1S/C20H31N3O8S.C16H36N.C14H22N4O6S/c1-19(2,3)30-16(24)6-12-7-20(8-12)9-13(10-20)21-17(25)15-5-4-14-11-22(15)18(26)23(14)31-32(27,28)29;1-5-9-13-17(14-10-6-2,15-11-7-3)16-12-8-4;15-8-3-14(4-8)5-9(6-14)16-12(19)11-2-1-10-7-17(11)13(20)18(10)24-25(21,22)23/h12-15H,4-11H2,1-3H3,(H,21,25)(H,27,28,29);5-16H2,1-4H3;8-11H,1-7,15H2,(H,16,19)(H,21,22,23)/q;+1;/t12?,13?,14-,15+,20?;;8?,9?,10-,11+,14?/m1.1/s1. The van der Waals surface area contributed by atoms with Gasteiger partial charge in [0.15, 0.2) is 0 Å². The van der Waals surface area contributed by atoms with Gasteiger partial charge in [0.1, 0.15) is 17.7 Å². The highest BCUT2D eigenvalue weighted by molar-refractivity contribution is 7.81. The number of hydrogen-bond donors (Lipinski definition) is 5. The van der Waals surface area contributed by atoms with Crippen molar-refractivity contribution in [2.45, 2.75) is 231 Å². The minimum Gasteiger partial charge on any atom is -0.460 e. The maximum absolute atomic E-state index is 12.8. The van der Waals surface area contributed by atoms with E-state index in [1.165, 1.54) is 91.8 Å². The number of quaternary nitrogens is 1. The van der Waals surface area contributed by atoms with Crippen molar-refractivity contribution in [3.05, 3.63) is 0 Å². The first-order valence-corrected chi connectivity index (χ1v) is 30.3. The Balaban J connectivity index is 0.000000190. The fourth-order valence-corrected chi connectivity index (χ4v) is 14.0. The van der Waals surface area contributed by atoms with E-state index in [0.717, 1.165) is 51.4 Å². The lowest BCUT2D eigenvalue weighted by molar-refractivity contribution is -0.929. The monoisotopic (exact) mass is 1090 g/mol. The zero-order valence-corrected chi connectivity index (χ0v) is 46.8. The number of ether oxygens (including phenoxy) is 1. The Labute approximate surface area is 440 Å². The number of piperidine rings is 2. The Hall–Kier alpha value is -3.39. The molecular formula is C50H89N8O14S2+. The van der Waals surface area contributed by atoms with E-state index >= 15 is 0 Å². The normalized spacial score (nSPS) is 31.1. The molecule has 0 aromatic carbocycles. The molecule has 8 aliphatic rings. The number of hydroxylamine groups is 4. The van der Waals surface area contributed by atoms with E-state index in [4.69, 9.17) is 19.6 Å². The number of esters is 1. The molecule has 0 unspecified atom stereocenters. The van der Waals surface area contributed by atoms with Crippen LogP contribution >= 0.6 is 0 Å². The highest BCUT2D eigenvalue weighted by Crippen LogP contribution is 2.60. The largest absolute Gasteiger partial charge is 0.460 e. The zero-order chi connectivity index (χ0) is 54.4. The molecule has 22 nitrogen and oxygen atoms in total. The Morgan fingerprint density at radius 2 is 1.00 bits per heavy atom. The molecule has 8 fully saturated rings. The number of rotatable bonds is 22. The highest BCUT2D eigenvalue weighted by atomic mass is 32.3. The number of nitrogens with two attached hydrogens (primary N) is 1. The van der Waals surface area contributed by atoms with E-state index in [-0.39, 0.29) is 54.4 Å². The Kier molecular flexibility index (Phi) is 19.8. The van der Waals surface area contributed by atoms with Crippen molar-refractivity contribution in [2.24, 2.45) is 22.5 Å². The fraction of sp³-hybridized carbons (Fsp3) is 0.900. The molecule has 0 radical (unpaired) electrons. The van der Waals surface area contributed by atoms with Gasteiger partial charge in [-0.1, -0.05) is 53.4 Å². The zero-order valence-electron chi connectivity index (χ0n) is 45.1. The predicted octanol–water partition coefficient (Wildman–Crippen LogP) is 5.78. The van der Waals surface area contributed by atoms with Gasteiger partial charge in [-0.3, -0.25) is 23.5 Å². The molecule has 8 rings (SSSR count). The molecule has 6 amide bonds. The van der Waals surface area contributed by atoms with Crippen LogP contribution in [0.5, 0.6) is 0 Å². The van der Waals surface area contributed by atoms with Crippen LogP contribution in [-0.4, -0.2) is 167 Å². The first-order valence-electron chi connectivity index (χ1n) is 27.6. The predicted molar refractivity (Wildman–Crippen MR) is 274 cm³/mol. The van der Waals surface area contributed by atoms with Crippen molar-refractivity contribution in [1.82, 2.24) is 30.6 Å². The minimum absolute atomic E-state index is 0.0329.